The van der Waals surface area contributed by atoms with Crippen LogP contribution >= 0.6 is 0 Å². The number of H-pyrrole nitrogens is 4. The van der Waals surface area contributed by atoms with Crippen molar-refractivity contribution in [2.75, 3.05) is 19.1 Å². The largest absolute Gasteiger partial charge is 0.497 e. The fourth-order valence-corrected chi connectivity index (χ4v) is 14.1. The van der Waals surface area contributed by atoms with E-state index in [-0.39, 0.29) is 11.8 Å². The van der Waals surface area contributed by atoms with Gasteiger partial charge >= 0.3 is 0 Å². The van der Waals surface area contributed by atoms with Gasteiger partial charge in [0.05, 0.1) is 99.1 Å². The quantitative estimate of drug-likeness (QED) is 0.0679. The molecule has 0 saturated heterocycles. The number of carbonyl (C=O) groups excluding carboxylic acids is 2. The van der Waals surface area contributed by atoms with Crippen molar-refractivity contribution in [1.82, 2.24) is 19.9 Å². The van der Waals surface area contributed by atoms with E-state index in [2.05, 4.69) is 233 Å². The van der Waals surface area contributed by atoms with Crippen LogP contribution in [0.15, 0.2) is 224 Å². The minimum absolute atomic E-state index is 0.291. The van der Waals surface area contributed by atoms with E-state index in [0.29, 0.717) is 40.5 Å². The minimum atomic E-state index is -0.367. The van der Waals surface area contributed by atoms with Gasteiger partial charge < -0.3 is 29.4 Å². The summed E-state index contributed by atoms with van der Waals surface area (Å²) >= 11 is 0. The van der Waals surface area contributed by atoms with Crippen molar-refractivity contribution in [3.63, 3.8) is 0 Å². The molecule has 2 aliphatic rings. The molecule has 0 radical (unpaired) electrons. The Balaban J connectivity index is 1.08. The number of carbonyl (C=O) groups is 2. The highest BCUT2D eigenvalue weighted by Crippen LogP contribution is 2.50. The lowest BCUT2D eigenvalue weighted by atomic mass is 9.85. The SMILES string of the molecule is COc1ccc(-c2cc3c4[nH]c(c3cc2-c2ccc(OC)cc2)[C+](c2ccc(C(C)C)cc2)c2ccc([nH]2)[C+](c2ccc(C(C)C)cc2)c2[nH]c(c3cc5c(cc23)C(=O)N(c2ccccc2)C5=O)[C+](c2ccc(C(C)C)cc2)c2ccc([nH]2)[C+]4c2ccc(C(C)C)cc2)cc1. The molecule has 4 N–H and O–H groups in total. The van der Waals surface area contributed by atoms with Gasteiger partial charge in [-0.25, -0.2) is 4.90 Å². The molecule has 8 bridgehead atoms. The minimum Gasteiger partial charge on any atom is -0.497 e. The molecule has 0 saturated carbocycles. The van der Waals surface area contributed by atoms with E-state index in [9.17, 15) is 0 Å². The average Bonchev–Trinajstić information content (AvgIpc) is 1.55. The summed E-state index contributed by atoms with van der Waals surface area (Å²) < 4.78 is 11.5. The Kier molecular flexibility index (Phi) is 15.2. The van der Waals surface area contributed by atoms with Crippen LogP contribution in [-0.4, -0.2) is 46.0 Å². The third kappa shape index (κ3) is 10.5. The van der Waals surface area contributed by atoms with Crippen LogP contribution in [-0.2, 0) is 0 Å². The molecule has 464 valence electrons. The van der Waals surface area contributed by atoms with E-state index in [0.717, 1.165) is 147 Å². The molecule has 0 unspecified atom stereocenters. The number of nitrogens with zero attached hydrogens (tertiary/aromatic N) is 1. The van der Waals surface area contributed by atoms with Gasteiger partial charge in [0.2, 0.25) is 0 Å². The second-order valence-corrected chi connectivity index (χ2v) is 26.6. The van der Waals surface area contributed by atoms with Crippen molar-refractivity contribution in [2.24, 2.45) is 0 Å². The summed E-state index contributed by atoms with van der Waals surface area (Å²) in [5.41, 5.74) is 21.2. The first kappa shape index (κ1) is 60.1. The topological polar surface area (TPSA) is 119 Å². The predicted octanol–water partition coefficient (Wildman–Crippen LogP) is 20.3. The van der Waals surface area contributed by atoms with Gasteiger partial charge in [-0.15, -0.1) is 0 Å². The molecule has 13 aromatic rings. The van der Waals surface area contributed by atoms with Crippen molar-refractivity contribution >= 4 is 39.0 Å². The first-order chi connectivity index (χ1) is 46.1. The normalized spacial score (nSPS) is 13.3. The summed E-state index contributed by atoms with van der Waals surface area (Å²) in [6, 6.07) is 79.3. The first-order valence-corrected chi connectivity index (χ1v) is 33.0. The zero-order valence-electron chi connectivity index (χ0n) is 55.3. The molecule has 0 fully saturated rings. The Hall–Kier alpha value is -11.2. The number of amides is 2. The number of aromatic nitrogens is 4. The number of rotatable bonds is 13. The number of nitrogens with one attached hydrogen (secondary N) is 4. The second-order valence-electron chi connectivity index (χ2n) is 26.6. The van der Waals surface area contributed by atoms with Gasteiger partial charge in [0.25, 0.3) is 11.8 Å². The molecule has 0 aliphatic carbocycles. The Bertz CT molecular complexity index is 4710. The van der Waals surface area contributed by atoms with Crippen LogP contribution in [0.3, 0.4) is 0 Å². The zero-order valence-corrected chi connectivity index (χ0v) is 55.3. The van der Waals surface area contributed by atoms with E-state index in [1.807, 2.05) is 66.7 Å². The fourth-order valence-electron chi connectivity index (χ4n) is 14.1. The highest BCUT2D eigenvalue weighted by Gasteiger charge is 2.45. The van der Waals surface area contributed by atoms with Crippen LogP contribution in [0.2, 0.25) is 0 Å². The van der Waals surface area contributed by atoms with Gasteiger partial charge in [-0.1, -0.05) is 97.9 Å². The van der Waals surface area contributed by atoms with Crippen LogP contribution in [0.4, 0.5) is 5.69 Å². The smallest absolute Gasteiger partial charge is 0.266 e. The average molecular weight is 1240 g/mol. The maximum atomic E-state index is 15.0. The van der Waals surface area contributed by atoms with Crippen LogP contribution in [0.25, 0.3) is 43.8 Å². The lowest BCUT2D eigenvalue weighted by Gasteiger charge is -2.15. The van der Waals surface area contributed by atoms with Crippen molar-refractivity contribution < 1.29 is 19.1 Å². The Labute approximate surface area is 556 Å². The number of para-hydroxylation sites is 1. The molecule has 9 nitrogen and oxygen atoms in total. The molecule has 15 rings (SSSR count). The maximum absolute atomic E-state index is 15.0. The number of aromatic amines is 4. The molecule has 0 spiro atoms. The molecule has 9 aromatic carbocycles. The van der Waals surface area contributed by atoms with Crippen molar-refractivity contribution in [3.8, 4) is 33.8 Å². The number of benzene rings is 9. The van der Waals surface area contributed by atoms with Crippen LogP contribution in [0.1, 0.15) is 190 Å². The van der Waals surface area contributed by atoms with Gasteiger partial charge in [-0.05, 0) is 165 Å². The number of anilines is 1. The van der Waals surface area contributed by atoms with Crippen LogP contribution in [0, 0.1) is 23.7 Å². The molecule has 4 aromatic heterocycles. The van der Waals surface area contributed by atoms with E-state index in [1.54, 1.807) is 14.2 Å². The Morgan fingerprint density at radius 3 is 0.853 bits per heavy atom. The standard InChI is InChI=1S/C86H74N5O4/c1-48(2)52-16-24-58(25-17-52)77-73-40-42-75(87-73)79(60-28-20-54(21-29-60)50(5)6)83-69-46-71-72(86(93)91(85(71)92)62-14-12-11-13-15-62)47-70(69)84(90-83)80(61-30-22-55(23-31-61)51(7)8)76-43-41-74(88-76)78(59-26-18-53(19-27-59)49(3)4)82-68-45-66(57-34-38-64(95-10)39-35-57)65(44-67(68)81(77)89-82)56-32-36-63(94-9)37-33-56/h11-51,87-89H,1-10H3/q+3/p+1. The predicted molar refractivity (Wildman–Crippen MR) is 384 cm³/mol. The molecule has 0 atom stereocenters. The molecule has 2 amide bonds. The first-order valence-electron chi connectivity index (χ1n) is 33.0. The summed E-state index contributed by atoms with van der Waals surface area (Å²) in [5.74, 6) is 5.75. The highest BCUT2D eigenvalue weighted by molar-refractivity contribution is 6.35. The number of ether oxygens (including phenoxy) is 2. The second kappa shape index (κ2) is 24.1. The highest BCUT2D eigenvalue weighted by atomic mass is 16.5. The van der Waals surface area contributed by atoms with Gasteiger partial charge in [0, 0.05) is 60.7 Å². The monoisotopic (exact) mass is 1240 g/mol. The summed E-state index contributed by atoms with van der Waals surface area (Å²) in [7, 11) is 3.41. The van der Waals surface area contributed by atoms with Gasteiger partial charge in [0.15, 0.2) is 0 Å². The fraction of sp³-hybridized carbons (Fsp3) is 0.163. The van der Waals surface area contributed by atoms with E-state index in [4.69, 9.17) is 9.47 Å². The van der Waals surface area contributed by atoms with Crippen molar-refractivity contribution in [3.05, 3.63) is 349 Å². The van der Waals surface area contributed by atoms with Crippen LogP contribution < -0.4 is 14.4 Å². The molecule has 95 heavy (non-hydrogen) atoms. The third-order valence-electron chi connectivity index (χ3n) is 19.5. The maximum Gasteiger partial charge on any atom is 0.266 e. The Morgan fingerprint density at radius 2 is 0.589 bits per heavy atom. The van der Waals surface area contributed by atoms with Gasteiger partial charge in [-0.3, -0.25) is 9.59 Å². The third-order valence-corrected chi connectivity index (χ3v) is 19.5. The summed E-state index contributed by atoms with van der Waals surface area (Å²) in [5, 5.41) is 3.65. The Morgan fingerprint density at radius 1 is 0.316 bits per heavy atom. The summed E-state index contributed by atoms with van der Waals surface area (Å²) in [6.45, 7) is 17.8. The lowest BCUT2D eigenvalue weighted by Crippen LogP contribution is -2.29. The van der Waals surface area contributed by atoms with E-state index < -0.39 is 0 Å². The molecule has 2 aliphatic heterocycles. The number of imide groups is 1. The number of methoxy groups -OCH3 is 2. The van der Waals surface area contributed by atoms with E-state index >= 15 is 9.59 Å². The summed E-state index contributed by atoms with van der Waals surface area (Å²) in [4.78, 5) is 48.1. The van der Waals surface area contributed by atoms with Crippen molar-refractivity contribution in [1.29, 1.82) is 0 Å². The number of fused-ring (bicyclic) bond motifs is 15. The number of hydrogen-bond donors (Lipinski definition) is 4. The lowest BCUT2D eigenvalue weighted by molar-refractivity contribution is 0.0926. The molecule has 6 heterocycles. The van der Waals surface area contributed by atoms with Gasteiger partial charge in [-0.2, -0.15) is 0 Å². The number of hydrogen-bond acceptors (Lipinski definition) is 4. The molecular weight excluding hydrogens is 1170 g/mol. The van der Waals surface area contributed by atoms with Crippen molar-refractivity contribution in [2.45, 2.75) is 79.1 Å². The molecule has 9 heteroatoms. The molecular formula is C86H75N5O4+4. The van der Waals surface area contributed by atoms with E-state index in [1.165, 1.54) is 27.2 Å². The zero-order chi connectivity index (χ0) is 65.5. The summed E-state index contributed by atoms with van der Waals surface area (Å²) in [6.07, 6.45) is 0. The van der Waals surface area contributed by atoms with Crippen LogP contribution in [0.5, 0.6) is 11.5 Å². The van der Waals surface area contributed by atoms with Gasteiger partial charge in [0.1, 0.15) is 80.7 Å².